The number of halogens is 1. The highest BCUT2D eigenvalue weighted by atomic mass is 79.9. The van der Waals surface area contributed by atoms with Crippen LogP contribution in [-0.2, 0) is 0 Å². The maximum absolute atomic E-state index is 8.21. The third-order valence-corrected chi connectivity index (χ3v) is 0.985. The van der Waals surface area contributed by atoms with Crippen molar-refractivity contribution in [1.82, 2.24) is 0 Å². The Morgan fingerprint density at radius 3 is 2.33 bits per heavy atom. The van der Waals surface area contributed by atoms with Crippen molar-refractivity contribution >= 4 is 15.9 Å². The number of rotatable bonds is 2. The number of aliphatic hydroxyl groups excluding tert-OH is 1. The molecule has 0 unspecified atom stereocenters. The van der Waals surface area contributed by atoms with Gasteiger partial charge in [0, 0.05) is 11.4 Å². The van der Waals surface area contributed by atoms with Crippen LogP contribution in [0.3, 0.4) is 0 Å². The smallest absolute Gasteiger partial charge is 0.0441 e. The zero-order chi connectivity index (χ0) is 4.99. The van der Waals surface area contributed by atoms with E-state index in [1.165, 1.54) is 0 Å². The van der Waals surface area contributed by atoms with Gasteiger partial charge in [0.2, 0.25) is 0 Å². The van der Waals surface area contributed by atoms with Gasteiger partial charge in [0.1, 0.15) is 0 Å². The minimum Gasteiger partial charge on any atom is -0.396 e. The Hall–Kier alpha value is 0.440. The molecule has 0 rings (SSSR count). The van der Waals surface area contributed by atoms with Crippen LogP contribution in [0.15, 0.2) is 0 Å². The Labute approximate surface area is 46.5 Å². The Balaban J connectivity index is 2.63. The fourth-order valence-corrected chi connectivity index (χ4v) is 0.383. The number of alkyl halides is 1. The van der Waals surface area contributed by atoms with Gasteiger partial charge in [0.15, 0.2) is 0 Å². The Morgan fingerprint density at radius 1 is 1.83 bits per heavy atom. The molecule has 0 aliphatic heterocycles. The highest BCUT2D eigenvalue weighted by Crippen LogP contribution is 1.99. The minimum absolute atomic E-state index is 0.284. The fraction of sp³-hybridized carbons (Fsp3) is 1.00. The monoisotopic (exact) mass is 152 g/mol. The van der Waals surface area contributed by atoms with Crippen LogP contribution >= 0.6 is 15.9 Å². The highest BCUT2D eigenvalue weighted by Gasteiger charge is 1.88. The van der Waals surface area contributed by atoms with E-state index >= 15 is 0 Å². The molecule has 6 heavy (non-hydrogen) atoms. The molecule has 1 atom stereocenters. The van der Waals surface area contributed by atoms with Crippen molar-refractivity contribution in [2.75, 3.05) is 6.61 Å². The van der Waals surface area contributed by atoms with Gasteiger partial charge in [-0.05, 0) is 6.42 Å². The molecule has 1 nitrogen and oxygen atoms in total. The van der Waals surface area contributed by atoms with Crippen molar-refractivity contribution in [3.05, 3.63) is 0 Å². The van der Waals surface area contributed by atoms with Gasteiger partial charge in [0.05, 0.1) is 0 Å². The number of aliphatic hydroxyl groups is 1. The molecule has 0 bridgehead atoms. The van der Waals surface area contributed by atoms with Crippen molar-refractivity contribution in [3.63, 3.8) is 0 Å². The summed E-state index contributed by atoms with van der Waals surface area (Å²) in [6.07, 6.45) is 0.847. The summed E-state index contributed by atoms with van der Waals surface area (Å²) in [5, 5.41) is 8.21. The molecule has 38 valence electrons. The van der Waals surface area contributed by atoms with Gasteiger partial charge in [0.25, 0.3) is 0 Å². The molecule has 0 heterocycles. The summed E-state index contributed by atoms with van der Waals surface area (Å²) >= 11 is 3.27. The molecule has 0 aromatic rings. The SMILES string of the molecule is C[C@@H](Br)CCO. The summed E-state index contributed by atoms with van der Waals surface area (Å²) in [6.45, 7) is 2.29. The lowest BCUT2D eigenvalue weighted by molar-refractivity contribution is 0.289. The molecule has 1 N–H and O–H groups in total. The van der Waals surface area contributed by atoms with Crippen LogP contribution in [0.2, 0.25) is 0 Å². The average molecular weight is 153 g/mol. The van der Waals surface area contributed by atoms with Crippen LogP contribution in [0.5, 0.6) is 0 Å². The average Bonchev–Trinajstić information content (AvgIpc) is 1.35. The molecule has 0 fully saturated rings. The standard InChI is InChI=1S/C4H9BrO/c1-4(5)2-3-6/h4,6H,2-3H2,1H3/t4-/m1/s1. The molecule has 0 aliphatic carbocycles. The van der Waals surface area contributed by atoms with Crippen LogP contribution in [0.25, 0.3) is 0 Å². The van der Waals surface area contributed by atoms with Crippen molar-refractivity contribution in [1.29, 1.82) is 0 Å². The van der Waals surface area contributed by atoms with E-state index in [-0.39, 0.29) is 6.61 Å². The van der Waals surface area contributed by atoms with E-state index in [9.17, 15) is 0 Å². The van der Waals surface area contributed by atoms with Gasteiger partial charge < -0.3 is 5.11 Å². The first kappa shape index (κ1) is 6.44. The van der Waals surface area contributed by atoms with Crippen LogP contribution in [-0.4, -0.2) is 16.5 Å². The summed E-state index contributed by atoms with van der Waals surface area (Å²) in [4.78, 5) is 0.461. The van der Waals surface area contributed by atoms with Crippen LogP contribution in [0, 0.1) is 0 Å². The van der Waals surface area contributed by atoms with E-state index in [1.54, 1.807) is 0 Å². The summed E-state index contributed by atoms with van der Waals surface area (Å²) in [7, 11) is 0. The second-order valence-electron chi connectivity index (χ2n) is 1.29. The van der Waals surface area contributed by atoms with Crippen molar-refractivity contribution in [3.8, 4) is 0 Å². The van der Waals surface area contributed by atoms with Gasteiger partial charge in [-0.1, -0.05) is 22.9 Å². The third-order valence-electron chi connectivity index (χ3n) is 0.527. The van der Waals surface area contributed by atoms with Crippen molar-refractivity contribution < 1.29 is 5.11 Å². The number of hydrogen-bond donors (Lipinski definition) is 1. The summed E-state index contributed by atoms with van der Waals surface area (Å²) in [5.74, 6) is 0. The Kier molecular flexibility index (Phi) is 3.89. The van der Waals surface area contributed by atoms with E-state index in [0.29, 0.717) is 4.83 Å². The zero-order valence-corrected chi connectivity index (χ0v) is 5.40. The molecule has 0 aromatic carbocycles. The van der Waals surface area contributed by atoms with E-state index in [2.05, 4.69) is 15.9 Å². The second kappa shape index (κ2) is 3.62. The first-order chi connectivity index (χ1) is 2.77. The van der Waals surface area contributed by atoms with E-state index in [1.807, 2.05) is 6.92 Å². The topological polar surface area (TPSA) is 20.2 Å². The largest absolute Gasteiger partial charge is 0.396 e. The Morgan fingerprint density at radius 2 is 2.33 bits per heavy atom. The first-order valence-corrected chi connectivity index (χ1v) is 2.94. The van der Waals surface area contributed by atoms with E-state index in [4.69, 9.17) is 5.11 Å². The second-order valence-corrected chi connectivity index (χ2v) is 2.86. The van der Waals surface area contributed by atoms with Gasteiger partial charge in [-0.3, -0.25) is 0 Å². The first-order valence-electron chi connectivity index (χ1n) is 2.02. The van der Waals surface area contributed by atoms with Crippen LogP contribution in [0.1, 0.15) is 13.3 Å². The lowest BCUT2D eigenvalue weighted by Gasteiger charge is -1.93. The quantitative estimate of drug-likeness (QED) is 0.590. The van der Waals surface area contributed by atoms with Gasteiger partial charge >= 0.3 is 0 Å². The Bertz CT molecular complexity index is 28.7. The summed E-state index contributed by atoms with van der Waals surface area (Å²) < 4.78 is 0. The van der Waals surface area contributed by atoms with Crippen molar-refractivity contribution in [2.45, 2.75) is 18.2 Å². The predicted octanol–water partition coefficient (Wildman–Crippen LogP) is 1.15. The molecule has 0 spiro atoms. The van der Waals surface area contributed by atoms with E-state index < -0.39 is 0 Å². The van der Waals surface area contributed by atoms with Gasteiger partial charge in [-0.15, -0.1) is 0 Å². The fourth-order valence-electron chi connectivity index (χ4n) is 0.178. The predicted molar refractivity (Wildman–Crippen MR) is 30.1 cm³/mol. The molecule has 0 aromatic heterocycles. The summed E-state index contributed by atoms with van der Waals surface area (Å²) in [6, 6.07) is 0. The molecule has 0 amide bonds. The van der Waals surface area contributed by atoms with Gasteiger partial charge in [-0.2, -0.15) is 0 Å². The van der Waals surface area contributed by atoms with Crippen molar-refractivity contribution in [2.24, 2.45) is 0 Å². The molecular formula is C4H9BrO. The maximum Gasteiger partial charge on any atom is 0.0441 e. The van der Waals surface area contributed by atoms with Gasteiger partial charge in [-0.25, -0.2) is 0 Å². The minimum atomic E-state index is 0.284. The molecule has 0 saturated heterocycles. The molecule has 0 radical (unpaired) electrons. The summed E-state index contributed by atoms with van der Waals surface area (Å²) in [5.41, 5.74) is 0. The maximum atomic E-state index is 8.21. The molecule has 2 heteroatoms. The lowest BCUT2D eigenvalue weighted by atomic mass is 10.4. The lowest BCUT2D eigenvalue weighted by Crippen LogP contribution is -1.92. The van der Waals surface area contributed by atoms with Crippen LogP contribution in [0.4, 0.5) is 0 Å². The molecule has 0 aliphatic rings. The zero-order valence-electron chi connectivity index (χ0n) is 3.82. The normalized spacial score (nSPS) is 14.5. The molecular weight excluding hydrogens is 144 g/mol. The van der Waals surface area contributed by atoms with E-state index in [0.717, 1.165) is 6.42 Å². The third kappa shape index (κ3) is 4.44. The highest BCUT2D eigenvalue weighted by molar-refractivity contribution is 9.09. The molecule has 0 saturated carbocycles. The number of hydrogen-bond acceptors (Lipinski definition) is 1. The van der Waals surface area contributed by atoms with Crippen LogP contribution < -0.4 is 0 Å².